The Labute approximate surface area is 83.3 Å². The summed E-state index contributed by atoms with van der Waals surface area (Å²) in [5.74, 6) is 0.211. The monoisotopic (exact) mass is 200 g/mol. The SMILES string of the molecule is CCc1nccn1C.COCC(=O)O. The lowest BCUT2D eigenvalue weighted by Gasteiger charge is -1.92. The van der Waals surface area contributed by atoms with E-state index in [9.17, 15) is 4.79 Å². The molecule has 14 heavy (non-hydrogen) atoms. The molecule has 1 aromatic rings. The first-order valence-electron chi connectivity index (χ1n) is 4.28. The molecule has 0 aliphatic carbocycles. The van der Waals surface area contributed by atoms with E-state index in [1.807, 2.05) is 24.0 Å². The molecular weight excluding hydrogens is 184 g/mol. The van der Waals surface area contributed by atoms with E-state index in [4.69, 9.17) is 5.11 Å². The van der Waals surface area contributed by atoms with E-state index in [-0.39, 0.29) is 6.61 Å². The number of methoxy groups -OCH3 is 1. The molecule has 0 atom stereocenters. The molecule has 1 aromatic heterocycles. The lowest BCUT2D eigenvalue weighted by molar-refractivity contribution is -0.141. The molecule has 5 heteroatoms. The first kappa shape index (κ1) is 12.6. The van der Waals surface area contributed by atoms with Crippen molar-refractivity contribution in [1.82, 2.24) is 9.55 Å². The molecule has 5 nitrogen and oxygen atoms in total. The minimum atomic E-state index is -0.933. The number of hydrogen-bond acceptors (Lipinski definition) is 3. The van der Waals surface area contributed by atoms with Crippen molar-refractivity contribution in [2.45, 2.75) is 13.3 Å². The number of carboxylic acid groups (broad SMARTS) is 1. The predicted octanol–water partition coefficient (Wildman–Crippen LogP) is 0.700. The maximum Gasteiger partial charge on any atom is 0.329 e. The Morgan fingerprint density at radius 1 is 1.71 bits per heavy atom. The lowest BCUT2D eigenvalue weighted by atomic mass is 10.5. The normalized spacial score (nSPS) is 9.07. The summed E-state index contributed by atoms with van der Waals surface area (Å²) < 4.78 is 6.23. The van der Waals surface area contributed by atoms with Gasteiger partial charge in [0.25, 0.3) is 0 Å². The molecular formula is C9H16N2O3. The van der Waals surface area contributed by atoms with Crippen LogP contribution in [0.25, 0.3) is 0 Å². The van der Waals surface area contributed by atoms with E-state index in [1.54, 1.807) is 0 Å². The van der Waals surface area contributed by atoms with E-state index >= 15 is 0 Å². The molecule has 1 heterocycles. The second-order valence-corrected chi connectivity index (χ2v) is 2.63. The minimum Gasteiger partial charge on any atom is -0.480 e. The van der Waals surface area contributed by atoms with E-state index in [0.29, 0.717) is 0 Å². The Bertz CT molecular complexity index is 271. The largest absolute Gasteiger partial charge is 0.480 e. The van der Waals surface area contributed by atoms with Gasteiger partial charge < -0.3 is 14.4 Å². The van der Waals surface area contributed by atoms with Crippen LogP contribution in [0.4, 0.5) is 0 Å². The van der Waals surface area contributed by atoms with Gasteiger partial charge in [-0.1, -0.05) is 6.92 Å². The molecule has 0 saturated heterocycles. The standard InChI is InChI=1S/C6H10N2.C3H6O3/c1-3-6-7-4-5-8(6)2;1-6-2-3(4)5/h4-5H,3H2,1-2H3;2H2,1H3,(H,4,5). The third kappa shape index (κ3) is 5.31. The van der Waals surface area contributed by atoms with Gasteiger partial charge in [0.2, 0.25) is 0 Å². The number of imidazole rings is 1. The molecule has 0 saturated carbocycles. The van der Waals surface area contributed by atoms with Crippen molar-refractivity contribution in [3.63, 3.8) is 0 Å². The quantitative estimate of drug-likeness (QED) is 0.780. The zero-order chi connectivity index (χ0) is 11.0. The molecule has 0 aliphatic heterocycles. The number of nitrogens with zero attached hydrogens (tertiary/aromatic N) is 2. The number of aliphatic carboxylic acids is 1. The Balaban J connectivity index is 0.000000255. The molecule has 0 aromatic carbocycles. The number of hydrogen-bond donors (Lipinski definition) is 1. The lowest BCUT2D eigenvalue weighted by Crippen LogP contribution is -2.02. The van der Waals surface area contributed by atoms with Crippen LogP contribution >= 0.6 is 0 Å². The predicted molar refractivity (Wildman–Crippen MR) is 52.1 cm³/mol. The third-order valence-corrected chi connectivity index (χ3v) is 1.51. The first-order chi connectivity index (χ1) is 6.61. The molecule has 1 N–H and O–H groups in total. The van der Waals surface area contributed by atoms with Gasteiger partial charge in [-0.15, -0.1) is 0 Å². The van der Waals surface area contributed by atoms with Gasteiger partial charge in [0.1, 0.15) is 12.4 Å². The van der Waals surface area contributed by atoms with Crippen LogP contribution in [0.15, 0.2) is 12.4 Å². The van der Waals surface area contributed by atoms with Gasteiger partial charge in [0.15, 0.2) is 0 Å². The van der Waals surface area contributed by atoms with Crippen molar-refractivity contribution in [3.05, 3.63) is 18.2 Å². The Morgan fingerprint density at radius 3 is 2.50 bits per heavy atom. The maximum atomic E-state index is 9.47. The van der Waals surface area contributed by atoms with Crippen LogP contribution in [-0.2, 0) is 23.0 Å². The van der Waals surface area contributed by atoms with Gasteiger partial charge in [-0.25, -0.2) is 9.78 Å². The first-order valence-corrected chi connectivity index (χ1v) is 4.28. The highest BCUT2D eigenvalue weighted by Gasteiger charge is 1.90. The minimum absolute atomic E-state index is 0.208. The van der Waals surface area contributed by atoms with Crippen molar-refractivity contribution >= 4 is 5.97 Å². The highest BCUT2D eigenvalue weighted by molar-refractivity contribution is 5.67. The van der Waals surface area contributed by atoms with Crippen LogP contribution in [-0.4, -0.2) is 34.3 Å². The number of ether oxygens (including phenoxy) is 1. The molecule has 1 rings (SSSR count). The Kier molecular flexibility index (Phi) is 6.39. The second-order valence-electron chi connectivity index (χ2n) is 2.63. The van der Waals surface area contributed by atoms with Crippen LogP contribution in [0.1, 0.15) is 12.7 Å². The second kappa shape index (κ2) is 7.08. The van der Waals surface area contributed by atoms with Crippen molar-refractivity contribution in [3.8, 4) is 0 Å². The van der Waals surface area contributed by atoms with Gasteiger partial charge >= 0.3 is 5.97 Å². The van der Waals surface area contributed by atoms with Crippen LogP contribution in [0.3, 0.4) is 0 Å². The van der Waals surface area contributed by atoms with Crippen LogP contribution in [0, 0.1) is 0 Å². The fraction of sp³-hybridized carbons (Fsp3) is 0.556. The molecule has 0 bridgehead atoms. The van der Waals surface area contributed by atoms with E-state index in [0.717, 1.165) is 12.2 Å². The summed E-state index contributed by atoms with van der Waals surface area (Å²) in [6.07, 6.45) is 4.79. The number of rotatable bonds is 3. The van der Waals surface area contributed by atoms with Crippen molar-refractivity contribution < 1.29 is 14.6 Å². The van der Waals surface area contributed by atoms with Gasteiger partial charge in [-0.2, -0.15) is 0 Å². The van der Waals surface area contributed by atoms with Crippen LogP contribution < -0.4 is 0 Å². The van der Waals surface area contributed by atoms with Crippen LogP contribution in [0.2, 0.25) is 0 Å². The average molecular weight is 200 g/mol. The van der Waals surface area contributed by atoms with Gasteiger partial charge in [-0.05, 0) is 0 Å². The maximum absolute atomic E-state index is 9.47. The average Bonchev–Trinajstić information content (AvgIpc) is 2.51. The zero-order valence-corrected chi connectivity index (χ0v) is 8.73. The van der Waals surface area contributed by atoms with Crippen molar-refractivity contribution in [2.24, 2.45) is 7.05 Å². The number of carboxylic acids is 1. The smallest absolute Gasteiger partial charge is 0.329 e. The number of aryl methyl sites for hydroxylation is 2. The molecule has 0 spiro atoms. The summed E-state index contributed by atoms with van der Waals surface area (Å²) in [6, 6.07) is 0. The van der Waals surface area contributed by atoms with Crippen molar-refractivity contribution in [1.29, 1.82) is 0 Å². The molecule has 0 unspecified atom stereocenters. The topological polar surface area (TPSA) is 64.4 Å². The van der Waals surface area contributed by atoms with Gasteiger partial charge in [-0.3, -0.25) is 0 Å². The fourth-order valence-corrected chi connectivity index (χ4v) is 0.861. The van der Waals surface area contributed by atoms with Crippen molar-refractivity contribution in [2.75, 3.05) is 13.7 Å². The summed E-state index contributed by atoms with van der Waals surface area (Å²) in [6.45, 7) is 1.89. The summed E-state index contributed by atoms with van der Waals surface area (Å²) in [5.41, 5.74) is 0. The molecule has 0 fully saturated rings. The van der Waals surface area contributed by atoms with E-state index in [1.165, 1.54) is 7.11 Å². The molecule has 0 radical (unpaired) electrons. The highest BCUT2D eigenvalue weighted by atomic mass is 16.5. The van der Waals surface area contributed by atoms with E-state index < -0.39 is 5.97 Å². The summed E-state index contributed by atoms with van der Waals surface area (Å²) in [4.78, 5) is 13.6. The van der Waals surface area contributed by atoms with Gasteiger partial charge in [0.05, 0.1) is 0 Å². The zero-order valence-electron chi connectivity index (χ0n) is 8.73. The number of aromatic nitrogens is 2. The van der Waals surface area contributed by atoms with E-state index in [2.05, 4.69) is 16.6 Å². The Morgan fingerprint density at radius 2 is 2.36 bits per heavy atom. The summed E-state index contributed by atoms with van der Waals surface area (Å²) in [7, 11) is 3.35. The Hall–Kier alpha value is -1.36. The fourth-order valence-electron chi connectivity index (χ4n) is 0.861. The molecule has 0 aliphatic rings. The molecule has 80 valence electrons. The summed E-state index contributed by atoms with van der Waals surface area (Å²) in [5, 5.41) is 7.79. The highest BCUT2D eigenvalue weighted by Crippen LogP contribution is 1.92. The molecule has 0 amide bonds. The summed E-state index contributed by atoms with van der Waals surface area (Å²) >= 11 is 0. The number of carbonyl (C=O) groups is 1. The third-order valence-electron chi connectivity index (χ3n) is 1.51. The van der Waals surface area contributed by atoms with Gasteiger partial charge in [0, 0.05) is 33.0 Å². The van der Waals surface area contributed by atoms with Crippen LogP contribution in [0.5, 0.6) is 0 Å².